The van der Waals surface area contributed by atoms with E-state index in [4.69, 9.17) is 9.47 Å². The quantitative estimate of drug-likeness (QED) is 0.507. The molecule has 1 fully saturated rings. The molecule has 1 aromatic heterocycles. The van der Waals surface area contributed by atoms with Crippen molar-refractivity contribution in [3.8, 4) is 5.75 Å². The van der Waals surface area contributed by atoms with Crippen molar-refractivity contribution in [2.24, 2.45) is 0 Å². The van der Waals surface area contributed by atoms with Gasteiger partial charge in [-0.1, -0.05) is 17.4 Å². The number of aromatic nitrogens is 1. The maximum Gasteiger partial charge on any atom is 0.260 e. The maximum absolute atomic E-state index is 13.6. The molecule has 170 valence electrons. The fourth-order valence-electron chi connectivity index (χ4n) is 3.61. The van der Waals surface area contributed by atoms with Gasteiger partial charge in [-0.05, 0) is 57.0 Å². The van der Waals surface area contributed by atoms with Crippen molar-refractivity contribution in [2.45, 2.75) is 42.9 Å². The highest BCUT2D eigenvalue weighted by molar-refractivity contribution is 7.92. The van der Waals surface area contributed by atoms with Crippen LogP contribution in [0.15, 0.2) is 47.4 Å². The van der Waals surface area contributed by atoms with Crippen molar-refractivity contribution in [1.82, 2.24) is 4.98 Å². The van der Waals surface area contributed by atoms with Gasteiger partial charge >= 0.3 is 0 Å². The molecule has 0 bridgehead atoms. The van der Waals surface area contributed by atoms with Crippen LogP contribution in [0.5, 0.6) is 5.75 Å². The Bertz CT molecular complexity index is 1230. The molecule has 32 heavy (non-hydrogen) atoms. The smallest absolute Gasteiger partial charge is 0.260 e. The van der Waals surface area contributed by atoms with Crippen molar-refractivity contribution in [2.75, 3.05) is 25.2 Å². The average Bonchev–Trinajstić information content (AvgIpc) is 3.45. The third kappa shape index (κ3) is 4.51. The molecule has 0 saturated carbocycles. The number of hydrogen-bond donors (Lipinski definition) is 0. The number of methoxy groups -OCH3 is 1. The van der Waals surface area contributed by atoms with Crippen molar-refractivity contribution in [3.63, 3.8) is 0 Å². The molecule has 0 spiro atoms. The number of fused-ring (bicyclic) bond motifs is 1. The van der Waals surface area contributed by atoms with E-state index in [2.05, 4.69) is 4.98 Å². The van der Waals surface area contributed by atoms with Crippen LogP contribution in [0.4, 0.5) is 5.13 Å². The summed E-state index contributed by atoms with van der Waals surface area (Å²) in [6, 6.07) is 11.8. The highest BCUT2D eigenvalue weighted by Crippen LogP contribution is 2.33. The lowest BCUT2D eigenvalue weighted by molar-refractivity contribution is 0.0917. The number of hydrogen-bond acceptors (Lipinski definition) is 7. The lowest BCUT2D eigenvalue weighted by atomic mass is 10.2. The van der Waals surface area contributed by atoms with Gasteiger partial charge < -0.3 is 9.47 Å². The van der Waals surface area contributed by atoms with Crippen LogP contribution in [0, 0.1) is 0 Å². The monoisotopic (exact) mass is 474 g/mol. The second-order valence-electron chi connectivity index (χ2n) is 8.00. The number of rotatable bonds is 7. The Morgan fingerprint density at radius 3 is 2.78 bits per heavy atom. The molecule has 2 heterocycles. The zero-order valence-electron chi connectivity index (χ0n) is 18.3. The maximum atomic E-state index is 13.6. The molecule has 1 aliphatic rings. The van der Waals surface area contributed by atoms with Gasteiger partial charge in [0.05, 0.1) is 40.1 Å². The van der Waals surface area contributed by atoms with Gasteiger partial charge in [0.1, 0.15) is 5.75 Å². The van der Waals surface area contributed by atoms with Crippen LogP contribution < -0.4 is 9.64 Å². The van der Waals surface area contributed by atoms with Crippen molar-refractivity contribution >= 4 is 42.4 Å². The molecular weight excluding hydrogens is 448 g/mol. The van der Waals surface area contributed by atoms with Gasteiger partial charge in [-0.15, -0.1) is 0 Å². The molecule has 3 aromatic rings. The number of benzene rings is 2. The number of amides is 1. The second kappa shape index (κ2) is 9.17. The van der Waals surface area contributed by atoms with Crippen LogP contribution in [0.3, 0.4) is 0 Å². The molecule has 2 aromatic carbocycles. The molecule has 1 atom stereocenters. The summed E-state index contributed by atoms with van der Waals surface area (Å²) in [5, 5.41) is -0.0269. The highest BCUT2D eigenvalue weighted by Gasteiger charge is 2.28. The first-order chi connectivity index (χ1) is 15.3. The van der Waals surface area contributed by atoms with Crippen LogP contribution in [0.25, 0.3) is 10.2 Å². The molecule has 7 nitrogen and oxygen atoms in total. The van der Waals surface area contributed by atoms with Gasteiger partial charge in [0.25, 0.3) is 5.91 Å². The summed E-state index contributed by atoms with van der Waals surface area (Å²) in [5.41, 5.74) is 1.05. The number of thiazole rings is 1. The molecule has 0 aliphatic carbocycles. The Morgan fingerprint density at radius 2 is 2.09 bits per heavy atom. The second-order valence-corrected chi connectivity index (χ2v) is 11.5. The van der Waals surface area contributed by atoms with E-state index in [9.17, 15) is 13.2 Å². The van der Waals surface area contributed by atoms with Crippen LogP contribution >= 0.6 is 11.3 Å². The molecule has 9 heteroatoms. The Kier molecular flexibility index (Phi) is 6.50. The van der Waals surface area contributed by atoms with Gasteiger partial charge in [0.15, 0.2) is 15.0 Å². The minimum atomic E-state index is -3.50. The fraction of sp³-hybridized carbons (Fsp3) is 0.391. The van der Waals surface area contributed by atoms with Crippen molar-refractivity contribution in [3.05, 3.63) is 48.0 Å². The van der Waals surface area contributed by atoms with Crippen LogP contribution in [-0.4, -0.2) is 50.9 Å². The molecule has 4 rings (SSSR count). The Morgan fingerprint density at radius 1 is 1.28 bits per heavy atom. The molecule has 0 N–H and O–H groups in total. The number of anilines is 1. The third-order valence-corrected chi connectivity index (χ3v) is 8.71. The number of ether oxygens (including phenoxy) is 2. The molecule has 1 saturated heterocycles. The first-order valence-corrected chi connectivity index (χ1v) is 12.9. The summed E-state index contributed by atoms with van der Waals surface area (Å²) >= 11 is 1.41. The highest BCUT2D eigenvalue weighted by atomic mass is 32.2. The summed E-state index contributed by atoms with van der Waals surface area (Å²) < 4.78 is 37.3. The first kappa shape index (κ1) is 22.7. The normalized spacial score (nSPS) is 16.6. The first-order valence-electron chi connectivity index (χ1n) is 10.5. The summed E-state index contributed by atoms with van der Waals surface area (Å²) in [7, 11) is -1.90. The van der Waals surface area contributed by atoms with E-state index in [0.29, 0.717) is 29.6 Å². The topological polar surface area (TPSA) is 85.8 Å². The van der Waals surface area contributed by atoms with E-state index in [0.717, 1.165) is 23.1 Å². The molecular formula is C23H26N2O5S2. The van der Waals surface area contributed by atoms with Crippen LogP contribution in [0.1, 0.15) is 37.0 Å². The van der Waals surface area contributed by atoms with Gasteiger partial charge in [0.2, 0.25) is 0 Å². The van der Waals surface area contributed by atoms with Crippen LogP contribution in [0.2, 0.25) is 0 Å². The lowest BCUT2D eigenvalue weighted by Crippen LogP contribution is -2.37. The third-order valence-electron chi connectivity index (χ3n) is 5.50. The molecule has 0 radical (unpaired) electrons. The van der Waals surface area contributed by atoms with E-state index in [-0.39, 0.29) is 16.9 Å². The number of nitrogens with zero attached hydrogens (tertiary/aromatic N) is 2. The predicted molar refractivity (Wildman–Crippen MR) is 126 cm³/mol. The summed E-state index contributed by atoms with van der Waals surface area (Å²) in [4.78, 5) is 20.0. The summed E-state index contributed by atoms with van der Waals surface area (Å²) in [6.07, 6.45) is 1.74. The zero-order chi connectivity index (χ0) is 22.9. The molecule has 1 unspecified atom stereocenters. The van der Waals surface area contributed by atoms with Crippen LogP contribution in [-0.2, 0) is 14.6 Å². The van der Waals surface area contributed by atoms with Crippen molar-refractivity contribution < 1.29 is 22.7 Å². The van der Waals surface area contributed by atoms with Gasteiger partial charge in [0, 0.05) is 18.2 Å². The number of sulfone groups is 1. The van der Waals surface area contributed by atoms with Gasteiger partial charge in [-0.3, -0.25) is 9.69 Å². The fourth-order valence-corrected chi connectivity index (χ4v) is 5.67. The summed E-state index contributed by atoms with van der Waals surface area (Å²) in [6.45, 7) is 4.29. The van der Waals surface area contributed by atoms with Gasteiger partial charge in [-0.2, -0.15) is 0 Å². The summed E-state index contributed by atoms with van der Waals surface area (Å²) in [5.74, 6) is 0.394. The average molecular weight is 475 g/mol. The molecule has 1 aliphatic heterocycles. The Hall–Kier alpha value is -2.49. The van der Waals surface area contributed by atoms with E-state index in [1.165, 1.54) is 23.5 Å². The number of carbonyl (C=O) groups is 1. The standard InChI is InChI=1S/C23H26N2O5S2/c1-15(2)32(27,28)19-8-4-6-16(12-19)22(26)25(14-18-7-5-11-30-18)23-24-20-13-17(29-3)9-10-21(20)31-23/h4,6,8-10,12-13,15,18H,5,7,11,14H2,1-3H3. The SMILES string of the molecule is COc1ccc2sc(N(CC3CCCO3)C(=O)c3cccc(S(=O)(=O)C(C)C)c3)nc2c1. The minimum absolute atomic E-state index is 0.0805. The lowest BCUT2D eigenvalue weighted by Gasteiger charge is -2.23. The van der Waals surface area contributed by atoms with E-state index < -0.39 is 15.1 Å². The van der Waals surface area contributed by atoms with E-state index in [1.807, 2.05) is 18.2 Å². The predicted octanol–water partition coefficient (Wildman–Crippen LogP) is 4.31. The molecule has 1 amide bonds. The minimum Gasteiger partial charge on any atom is -0.497 e. The largest absolute Gasteiger partial charge is 0.497 e. The van der Waals surface area contributed by atoms with Gasteiger partial charge in [-0.25, -0.2) is 13.4 Å². The Labute approximate surface area is 191 Å². The van der Waals surface area contributed by atoms with E-state index in [1.54, 1.807) is 38.0 Å². The Balaban J connectivity index is 1.73. The zero-order valence-corrected chi connectivity index (χ0v) is 19.9. The van der Waals surface area contributed by atoms with E-state index >= 15 is 0 Å². The van der Waals surface area contributed by atoms with Crippen molar-refractivity contribution in [1.29, 1.82) is 0 Å². The number of carbonyl (C=O) groups excluding carboxylic acids is 1.